The molecule has 0 bridgehead atoms. The van der Waals surface area contributed by atoms with Gasteiger partial charge in [0.05, 0.1) is 17.3 Å². The van der Waals surface area contributed by atoms with Crippen LogP contribution < -0.4 is 5.43 Å². The number of halogens is 1. The quantitative estimate of drug-likeness (QED) is 0.634. The number of carbonyl (C=O) groups excluding carboxylic acids is 1. The van der Waals surface area contributed by atoms with Crippen molar-refractivity contribution in [1.29, 1.82) is 0 Å². The minimum Gasteiger partial charge on any atom is -0.506 e. The van der Waals surface area contributed by atoms with Crippen LogP contribution in [0.4, 0.5) is 0 Å². The third-order valence-corrected chi connectivity index (χ3v) is 3.55. The van der Waals surface area contributed by atoms with Crippen molar-refractivity contribution in [3.63, 3.8) is 0 Å². The van der Waals surface area contributed by atoms with E-state index in [-0.39, 0.29) is 11.7 Å². The molecular formula is C16H15BrN2O3. The zero-order valence-corrected chi connectivity index (χ0v) is 13.5. The van der Waals surface area contributed by atoms with Gasteiger partial charge in [-0.05, 0) is 45.8 Å². The van der Waals surface area contributed by atoms with Gasteiger partial charge in [-0.2, -0.15) is 5.10 Å². The standard InChI is InChI=1S/C16H15BrN2O3/c1-22-10-11-5-7-12(8-6-11)16(21)19-18-9-13-3-2-4-14(17)15(13)20/h2-9,20H,10H2,1H3,(H,19,21). The molecule has 0 saturated heterocycles. The normalized spacial score (nSPS) is 10.8. The number of phenols is 1. The Hall–Kier alpha value is -2.18. The number of amides is 1. The van der Waals surface area contributed by atoms with Gasteiger partial charge in [-0.1, -0.05) is 18.2 Å². The number of hydrogen-bond acceptors (Lipinski definition) is 4. The lowest BCUT2D eigenvalue weighted by Crippen LogP contribution is -2.17. The fourth-order valence-corrected chi connectivity index (χ4v) is 2.16. The van der Waals surface area contributed by atoms with Crippen LogP contribution in [0.15, 0.2) is 52.0 Å². The van der Waals surface area contributed by atoms with Crippen molar-refractivity contribution in [2.24, 2.45) is 5.10 Å². The van der Waals surface area contributed by atoms with Crippen molar-refractivity contribution in [2.45, 2.75) is 6.61 Å². The number of nitrogens with zero attached hydrogens (tertiary/aromatic N) is 1. The van der Waals surface area contributed by atoms with Gasteiger partial charge in [-0.15, -0.1) is 0 Å². The van der Waals surface area contributed by atoms with Gasteiger partial charge >= 0.3 is 0 Å². The summed E-state index contributed by atoms with van der Waals surface area (Å²) in [5.41, 5.74) is 4.41. The fourth-order valence-electron chi connectivity index (χ4n) is 1.78. The number of hydrazone groups is 1. The van der Waals surface area contributed by atoms with E-state index in [4.69, 9.17) is 4.74 Å². The number of para-hydroxylation sites is 1. The highest BCUT2D eigenvalue weighted by molar-refractivity contribution is 9.10. The van der Waals surface area contributed by atoms with Crippen molar-refractivity contribution in [3.05, 3.63) is 63.6 Å². The smallest absolute Gasteiger partial charge is 0.271 e. The highest BCUT2D eigenvalue weighted by Crippen LogP contribution is 2.25. The van der Waals surface area contributed by atoms with E-state index < -0.39 is 0 Å². The van der Waals surface area contributed by atoms with Crippen LogP contribution in [0.1, 0.15) is 21.5 Å². The number of rotatable bonds is 5. The molecule has 6 heteroatoms. The van der Waals surface area contributed by atoms with Gasteiger partial charge in [0.25, 0.3) is 5.91 Å². The number of hydrogen-bond donors (Lipinski definition) is 2. The minimum absolute atomic E-state index is 0.0735. The Bertz CT molecular complexity index is 684. The first-order valence-electron chi connectivity index (χ1n) is 6.50. The van der Waals surface area contributed by atoms with E-state index in [9.17, 15) is 9.90 Å². The number of benzene rings is 2. The van der Waals surface area contributed by atoms with Crippen LogP contribution in [-0.2, 0) is 11.3 Å². The number of phenolic OH excluding ortho intramolecular Hbond substituents is 1. The summed E-state index contributed by atoms with van der Waals surface area (Å²) >= 11 is 3.21. The second kappa shape index (κ2) is 7.72. The SMILES string of the molecule is COCc1ccc(C(=O)NN=Cc2cccc(Br)c2O)cc1. The third kappa shape index (κ3) is 4.16. The molecule has 0 unspecified atom stereocenters. The molecule has 1 amide bonds. The molecule has 0 aromatic heterocycles. The average molecular weight is 363 g/mol. The van der Waals surface area contributed by atoms with Gasteiger partial charge in [0.15, 0.2) is 0 Å². The molecule has 2 rings (SSSR count). The van der Waals surface area contributed by atoms with Crippen molar-refractivity contribution in [2.75, 3.05) is 7.11 Å². The summed E-state index contributed by atoms with van der Waals surface area (Å²) in [6.45, 7) is 0.502. The van der Waals surface area contributed by atoms with Gasteiger partial charge in [0.1, 0.15) is 5.75 Å². The summed E-state index contributed by atoms with van der Waals surface area (Å²) in [6, 6.07) is 12.2. The molecule has 0 atom stereocenters. The molecule has 0 radical (unpaired) electrons. The third-order valence-electron chi connectivity index (χ3n) is 2.91. The number of ether oxygens (including phenoxy) is 1. The van der Waals surface area contributed by atoms with Crippen molar-refractivity contribution in [1.82, 2.24) is 5.43 Å². The Morgan fingerprint density at radius 1 is 1.32 bits per heavy atom. The largest absolute Gasteiger partial charge is 0.506 e. The molecule has 0 aliphatic carbocycles. The molecule has 22 heavy (non-hydrogen) atoms. The second-order valence-electron chi connectivity index (χ2n) is 4.51. The topological polar surface area (TPSA) is 70.9 Å². The summed E-state index contributed by atoms with van der Waals surface area (Å²) in [5.74, 6) is -0.251. The first-order chi connectivity index (χ1) is 10.6. The lowest BCUT2D eigenvalue weighted by atomic mass is 10.1. The maximum atomic E-state index is 11.9. The molecule has 0 aliphatic rings. The highest BCUT2D eigenvalue weighted by atomic mass is 79.9. The van der Waals surface area contributed by atoms with Crippen LogP contribution in [0, 0.1) is 0 Å². The van der Waals surface area contributed by atoms with Gasteiger partial charge in [-0.25, -0.2) is 5.43 Å². The summed E-state index contributed by atoms with van der Waals surface area (Å²) in [6.07, 6.45) is 1.39. The predicted octanol–water partition coefficient (Wildman–Crippen LogP) is 3.07. The Kier molecular flexibility index (Phi) is 5.68. The summed E-state index contributed by atoms with van der Waals surface area (Å²) in [5, 5.41) is 13.6. The van der Waals surface area contributed by atoms with E-state index in [1.807, 2.05) is 12.1 Å². The zero-order valence-electron chi connectivity index (χ0n) is 11.9. The maximum Gasteiger partial charge on any atom is 0.271 e. The van der Waals surface area contributed by atoms with Crippen LogP contribution in [0.3, 0.4) is 0 Å². The molecule has 0 aliphatic heterocycles. The Labute approximate surface area is 136 Å². The van der Waals surface area contributed by atoms with Gasteiger partial charge in [0.2, 0.25) is 0 Å². The molecule has 0 heterocycles. The molecule has 2 aromatic carbocycles. The lowest BCUT2D eigenvalue weighted by molar-refractivity contribution is 0.0955. The lowest BCUT2D eigenvalue weighted by Gasteiger charge is -2.03. The summed E-state index contributed by atoms with van der Waals surface area (Å²) in [7, 11) is 1.62. The van der Waals surface area contributed by atoms with Gasteiger partial charge < -0.3 is 9.84 Å². The van der Waals surface area contributed by atoms with Crippen molar-refractivity contribution < 1.29 is 14.6 Å². The molecule has 2 aromatic rings. The number of aromatic hydroxyl groups is 1. The molecule has 0 fully saturated rings. The molecule has 2 N–H and O–H groups in total. The zero-order chi connectivity index (χ0) is 15.9. The molecular weight excluding hydrogens is 348 g/mol. The molecule has 0 saturated carbocycles. The minimum atomic E-state index is -0.324. The second-order valence-corrected chi connectivity index (χ2v) is 5.36. The van der Waals surface area contributed by atoms with Crippen molar-refractivity contribution >= 4 is 28.1 Å². The first kappa shape index (κ1) is 16.2. The van der Waals surface area contributed by atoms with E-state index >= 15 is 0 Å². The van der Waals surface area contributed by atoms with Gasteiger partial charge in [0, 0.05) is 18.2 Å². The van der Waals surface area contributed by atoms with Crippen LogP contribution in [0.2, 0.25) is 0 Å². The average Bonchev–Trinajstić information content (AvgIpc) is 2.52. The van der Waals surface area contributed by atoms with E-state index in [1.165, 1.54) is 6.21 Å². The molecule has 5 nitrogen and oxygen atoms in total. The van der Waals surface area contributed by atoms with Crippen LogP contribution in [-0.4, -0.2) is 24.3 Å². The Morgan fingerprint density at radius 2 is 2.05 bits per heavy atom. The Balaban J connectivity index is 2.00. The monoisotopic (exact) mass is 362 g/mol. The summed E-state index contributed by atoms with van der Waals surface area (Å²) in [4.78, 5) is 11.9. The van der Waals surface area contributed by atoms with Crippen LogP contribution in [0.5, 0.6) is 5.75 Å². The maximum absolute atomic E-state index is 11.9. The number of nitrogens with one attached hydrogen (secondary N) is 1. The highest BCUT2D eigenvalue weighted by Gasteiger charge is 2.05. The van der Waals surface area contributed by atoms with Crippen LogP contribution in [0.25, 0.3) is 0 Å². The van der Waals surface area contributed by atoms with Crippen LogP contribution >= 0.6 is 15.9 Å². The van der Waals surface area contributed by atoms with E-state index in [1.54, 1.807) is 37.4 Å². The van der Waals surface area contributed by atoms with E-state index in [0.29, 0.717) is 22.2 Å². The Morgan fingerprint density at radius 3 is 2.73 bits per heavy atom. The predicted molar refractivity (Wildman–Crippen MR) is 88.0 cm³/mol. The van der Waals surface area contributed by atoms with Crippen molar-refractivity contribution in [3.8, 4) is 5.75 Å². The van der Waals surface area contributed by atoms with E-state index in [0.717, 1.165) is 5.56 Å². The fraction of sp³-hybridized carbons (Fsp3) is 0.125. The van der Waals surface area contributed by atoms with Gasteiger partial charge in [-0.3, -0.25) is 4.79 Å². The molecule has 0 spiro atoms. The number of methoxy groups -OCH3 is 1. The molecule has 114 valence electrons. The summed E-state index contributed by atoms with van der Waals surface area (Å²) < 4.78 is 5.58. The van der Waals surface area contributed by atoms with E-state index in [2.05, 4.69) is 26.5 Å². The number of carbonyl (C=O) groups is 1. The first-order valence-corrected chi connectivity index (χ1v) is 7.30.